The first-order valence-corrected chi connectivity index (χ1v) is 11.0. The molecule has 2 aromatic rings. The molecule has 0 aliphatic carbocycles. The number of nitrogens with two attached hydrogens (primary N) is 1. The molecule has 2 N–H and O–H groups in total. The SMILES string of the molecule is Cc1nc([C@H]2CCCN2C(=O)c2cccc(OCCN3CCOCC3)c2)ncc1C(N)=O. The molecular formula is C23H29N5O4. The number of likely N-dealkylation sites (tertiary alicyclic amines) is 1. The Hall–Kier alpha value is -3.04. The zero-order valence-electron chi connectivity index (χ0n) is 18.3. The Labute approximate surface area is 187 Å². The summed E-state index contributed by atoms with van der Waals surface area (Å²) < 4.78 is 11.3. The average Bonchev–Trinajstić information content (AvgIpc) is 3.29. The number of amides is 2. The van der Waals surface area contributed by atoms with Gasteiger partial charge in [0.25, 0.3) is 11.8 Å². The number of carbonyl (C=O) groups is 2. The molecule has 0 bridgehead atoms. The van der Waals surface area contributed by atoms with Crippen LogP contribution in [0, 0.1) is 6.92 Å². The van der Waals surface area contributed by atoms with Crippen molar-refractivity contribution in [3.8, 4) is 5.75 Å². The Kier molecular flexibility index (Phi) is 6.96. The van der Waals surface area contributed by atoms with Crippen LogP contribution in [-0.4, -0.2) is 77.6 Å². The fraction of sp³-hybridized carbons (Fsp3) is 0.478. The second-order valence-electron chi connectivity index (χ2n) is 8.08. The lowest BCUT2D eigenvalue weighted by Crippen LogP contribution is -2.38. The molecule has 0 spiro atoms. The van der Waals surface area contributed by atoms with Crippen molar-refractivity contribution in [2.24, 2.45) is 5.73 Å². The van der Waals surface area contributed by atoms with E-state index in [1.54, 1.807) is 24.0 Å². The summed E-state index contributed by atoms with van der Waals surface area (Å²) in [5.74, 6) is 0.583. The van der Waals surface area contributed by atoms with Gasteiger partial charge >= 0.3 is 0 Å². The molecule has 2 amide bonds. The third kappa shape index (κ3) is 5.05. The van der Waals surface area contributed by atoms with Crippen LogP contribution in [0.5, 0.6) is 5.75 Å². The van der Waals surface area contributed by atoms with E-state index in [0.717, 1.165) is 45.7 Å². The molecule has 4 rings (SSSR count). The smallest absolute Gasteiger partial charge is 0.254 e. The molecular weight excluding hydrogens is 410 g/mol. The van der Waals surface area contributed by atoms with Gasteiger partial charge in [-0.25, -0.2) is 9.97 Å². The van der Waals surface area contributed by atoms with Crippen molar-refractivity contribution in [1.82, 2.24) is 19.8 Å². The van der Waals surface area contributed by atoms with Gasteiger partial charge in [-0.05, 0) is 38.0 Å². The lowest BCUT2D eigenvalue weighted by Gasteiger charge is -2.26. The lowest BCUT2D eigenvalue weighted by atomic mass is 10.1. The Balaban J connectivity index is 1.42. The van der Waals surface area contributed by atoms with Gasteiger partial charge in [-0.1, -0.05) is 6.07 Å². The Morgan fingerprint density at radius 1 is 1.25 bits per heavy atom. The highest BCUT2D eigenvalue weighted by Gasteiger charge is 2.33. The third-order valence-electron chi connectivity index (χ3n) is 5.94. The van der Waals surface area contributed by atoms with Crippen molar-refractivity contribution in [3.05, 3.63) is 53.1 Å². The molecule has 1 aromatic heterocycles. The zero-order valence-corrected chi connectivity index (χ0v) is 18.3. The maximum Gasteiger partial charge on any atom is 0.254 e. The maximum atomic E-state index is 13.3. The molecule has 1 aromatic carbocycles. The van der Waals surface area contributed by atoms with Crippen LogP contribution in [0.2, 0.25) is 0 Å². The standard InChI is InChI=1S/C23H29N5O4/c1-16-19(21(24)29)15-25-22(26-16)20-6-3-7-28(20)23(30)17-4-2-5-18(14-17)32-13-10-27-8-11-31-12-9-27/h2,4-5,14-15,20H,3,6-13H2,1H3,(H2,24,29)/t20-/m1/s1. The molecule has 0 unspecified atom stereocenters. The molecule has 2 aliphatic heterocycles. The molecule has 32 heavy (non-hydrogen) atoms. The Morgan fingerprint density at radius 2 is 2.06 bits per heavy atom. The van der Waals surface area contributed by atoms with E-state index in [9.17, 15) is 9.59 Å². The van der Waals surface area contributed by atoms with E-state index in [1.165, 1.54) is 6.20 Å². The molecule has 9 heteroatoms. The molecule has 2 saturated heterocycles. The van der Waals surface area contributed by atoms with Crippen LogP contribution in [0.1, 0.15) is 51.1 Å². The fourth-order valence-corrected chi connectivity index (χ4v) is 4.17. The van der Waals surface area contributed by atoms with Crippen LogP contribution in [0.15, 0.2) is 30.5 Å². The van der Waals surface area contributed by atoms with Crippen molar-refractivity contribution in [1.29, 1.82) is 0 Å². The van der Waals surface area contributed by atoms with Crippen molar-refractivity contribution in [2.75, 3.05) is 46.0 Å². The number of hydrogen-bond acceptors (Lipinski definition) is 7. The number of hydrogen-bond donors (Lipinski definition) is 1. The largest absolute Gasteiger partial charge is 0.492 e. The minimum absolute atomic E-state index is 0.0774. The number of rotatable bonds is 7. The normalized spacial score (nSPS) is 19.2. The van der Waals surface area contributed by atoms with Gasteiger partial charge in [-0.15, -0.1) is 0 Å². The predicted molar refractivity (Wildman–Crippen MR) is 117 cm³/mol. The topological polar surface area (TPSA) is 111 Å². The quantitative estimate of drug-likeness (QED) is 0.697. The van der Waals surface area contributed by atoms with Gasteiger partial charge in [-0.3, -0.25) is 14.5 Å². The van der Waals surface area contributed by atoms with Gasteiger partial charge < -0.3 is 20.1 Å². The number of ether oxygens (including phenoxy) is 2. The summed E-state index contributed by atoms with van der Waals surface area (Å²) in [5, 5.41) is 0. The van der Waals surface area contributed by atoms with Crippen LogP contribution in [-0.2, 0) is 4.74 Å². The van der Waals surface area contributed by atoms with Crippen molar-refractivity contribution in [3.63, 3.8) is 0 Å². The molecule has 0 radical (unpaired) electrons. The van der Waals surface area contributed by atoms with Crippen molar-refractivity contribution >= 4 is 11.8 Å². The monoisotopic (exact) mass is 439 g/mol. The highest BCUT2D eigenvalue weighted by Crippen LogP contribution is 2.32. The van der Waals surface area contributed by atoms with E-state index in [1.807, 2.05) is 12.1 Å². The lowest BCUT2D eigenvalue weighted by molar-refractivity contribution is 0.0322. The highest BCUT2D eigenvalue weighted by molar-refractivity contribution is 5.95. The molecule has 1 atom stereocenters. The van der Waals surface area contributed by atoms with Gasteiger partial charge in [0, 0.05) is 37.9 Å². The average molecular weight is 440 g/mol. The molecule has 3 heterocycles. The number of aryl methyl sites for hydroxylation is 1. The molecule has 2 aliphatic rings. The van der Waals surface area contributed by atoms with E-state index in [-0.39, 0.29) is 11.9 Å². The second-order valence-corrected chi connectivity index (χ2v) is 8.08. The van der Waals surface area contributed by atoms with E-state index in [2.05, 4.69) is 14.9 Å². The summed E-state index contributed by atoms with van der Waals surface area (Å²) in [4.78, 5) is 37.6. The number of morpholine rings is 1. The van der Waals surface area contributed by atoms with Gasteiger partial charge in [-0.2, -0.15) is 0 Å². The van der Waals surface area contributed by atoms with E-state index in [4.69, 9.17) is 15.2 Å². The number of nitrogens with zero attached hydrogens (tertiary/aromatic N) is 4. The first kappa shape index (κ1) is 22.2. The molecule has 0 saturated carbocycles. The molecule has 9 nitrogen and oxygen atoms in total. The summed E-state index contributed by atoms with van der Waals surface area (Å²) in [5.41, 5.74) is 6.76. The van der Waals surface area contributed by atoms with Gasteiger partial charge in [0.05, 0.1) is 30.5 Å². The van der Waals surface area contributed by atoms with Crippen molar-refractivity contribution < 1.29 is 19.1 Å². The summed E-state index contributed by atoms with van der Waals surface area (Å²) in [6.07, 6.45) is 3.09. The minimum Gasteiger partial charge on any atom is -0.492 e. The minimum atomic E-state index is -0.557. The third-order valence-corrected chi connectivity index (χ3v) is 5.94. The highest BCUT2D eigenvalue weighted by atomic mass is 16.5. The number of aromatic nitrogens is 2. The number of benzene rings is 1. The van der Waals surface area contributed by atoms with Gasteiger partial charge in [0.2, 0.25) is 0 Å². The number of primary amides is 1. The van der Waals surface area contributed by atoms with Crippen LogP contribution < -0.4 is 10.5 Å². The summed E-state index contributed by atoms with van der Waals surface area (Å²) in [6, 6.07) is 7.07. The first-order chi connectivity index (χ1) is 15.5. The van der Waals surface area contributed by atoms with Crippen LogP contribution in [0.4, 0.5) is 0 Å². The predicted octanol–water partition coefficient (Wildman–Crippen LogP) is 1.57. The number of carbonyl (C=O) groups excluding carboxylic acids is 2. The Morgan fingerprint density at radius 3 is 2.81 bits per heavy atom. The second kappa shape index (κ2) is 10.1. The van der Waals surface area contributed by atoms with Crippen LogP contribution in [0.3, 0.4) is 0 Å². The van der Waals surface area contributed by atoms with Crippen molar-refractivity contribution in [2.45, 2.75) is 25.8 Å². The maximum absolute atomic E-state index is 13.3. The fourth-order valence-electron chi connectivity index (χ4n) is 4.17. The van der Waals surface area contributed by atoms with Crippen LogP contribution >= 0.6 is 0 Å². The van der Waals surface area contributed by atoms with Gasteiger partial charge in [0.15, 0.2) is 5.82 Å². The molecule has 170 valence electrons. The van der Waals surface area contributed by atoms with E-state index >= 15 is 0 Å². The zero-order chi connectivity index (χ0) is 22.5. The van der Waals surface area contributed by atoms with Gasteiger partial charge in [0.1, 0.15) is 12.4 Å². The summed E-state index contributed by atoms with van der Waals surface area (Å²) >= 11 is 0. The first-order valence-electron chi connectivity index (χ1n) is 11.0. The van der Waals surface area contributed by atoms with E-state index in [0.29, 0.717) is 41.5 Å². The Bertz CT molecular complexity index is 977. The molecule has 2 fully saturated rings. The van der Waals surface area contributed by atoms with Crippen LogP contribution in [0.25, 0.3) is 0 Å². The summed E-state index contributed by atoms with van der Waals surface area (Å²) in [6.45, 7) is 7.10. The van der Waals surface area contributed by atoms with E-state index < -0.39 is 5.91 Å². The summed E-state index contributed by atoms with van der Waals surface area (Å²) in [7, 11) is 0.